The molecule has 1 aliphatic rings. The SMILES string of the molecule is CC(C(=O)N1CCC(N)CC1)N(C)Cc1ccccc1.Cl.Cl. The third kappa shape index (κ3) is 5.76. The maximum atomic E-state index is 12.5. The summed E-state index contributed by atoms with van der Waals surface area (Å²) < 4.78 is 0. The first-order valence-corrected chi connectivity index (χ1v) is 7.36. The summed E-state index contributed by atoms with van der Waals surface area (Å²) in [6.45, 7) is 4.37. The summed E-state index contributed by atoms with van der Waals surface area (Å²) in [6, 6.07) is 10.4. The molecule has 4 nitrogen and oxygen atoms in total. The van der Waals surface area contributed by atoms with E-state index in [4.69, 9.17) is 5.73 Å². The molecule has 1 saturated heterocycles. The molecule has 6 heteroatoms. The lowest BCUT2D eigenvalue weighted by Crippen LogP contribution is -2.50. The highest BCUT2D eigenvalue weighted by Crippen LogP contribution is 2.13. The van der Waals surface area contributed by atoms with Crippen LogP contribution < -0.4 is 5.73 Å². The first kappa shape index (κ1) is 21.2. The Hall–Kier alpha value is -0.810. The molecule has 1 heterocycles. The van der Waals surface area contributed by atoms with Crippen molar-refractivity contribution >= 4 is 30.7 Å². The van der Waals surface area contributed by atoms with Crippen LogP contribution in [-0.4, -0.2) is 47.9 Å². The Kier molecular flexibility index (Phi) is 9.69. The van der Waals surface area contributed by atoms with Gasteiger partial charge >= 0.3 is 0 Å². The van der Waals surface area contributed by atoms with Gasteiger partial charge in [-0.25, -0.2) is 0 Å². The zero-order valence-electron chi connectivity index (χ0n) is 13.3. The highest BCUT2D eigenvalue weighted by molar-refractivity contribution is 5.85. The third-order valence-electron chi connectivity index (χ3n) is 4.14. The molecule has 1 fully saturated rings. The summed E-state index contributed by atoms with van der Waals surface area (Å²) in [4.78, 5) is 16.5. The second kappa shape index (κ2) is 10.1. The minimum absolute atomic E-state index is 0. The Morgan fingerprint density at radius 1 is 1.27 bits per heavy atom. The quantitative estimate of drug-likeness (QED) is 0.908. The van der Waals surface area contributed by atoms with Crippen LogP contribution in [0.4, 0.5) is 0 Å². The van der Waals surface area contributed by atoms with E-state index in [0.717, 1.165) is 32.5 Å². The number of likely N-dealkylation sites (N-methyl/N-ethyl adjacent to an activating group) is 1. The molecular formula is C16H27Cl2N3O. The first-order chi connectivity index (χ1) is 9.58. The lowest BCUT2D eigenvalue weighted by atomic mass is 10.1. The zero-order valence-corrected chi connectivity index (χ0v) is 14.9. The number of hydrogen-bond donors (Lipinski definition) is 1. The molecule has 126 valence electrons. The van der Waals surface area contributed by atoms with Crippen LogP contribution >= 0.6 is 24.8 Å². The van der Waals surface area contributed by atoms with Crippen LogP contribution in [0.3, 0.4) is 0 Å². The zero-order chi connectivity index (χ0) is 14.5. The van der Waals surface area contributed by atoms with Gasteiger partial charge in [-0.2, -0.15) is 0 Å². The number of nitrogens with two attached hydrogens (primary N) is 1. The van der Waals surface area contributed by atoms with Gasteiger partial charge in [0.2, 0.25) is 5.91 Å². The number of rotatable bonds is 4. The number of amides is 1. The summed E-state index contributed by atoms with van der Waals surface area (Å²) >= 11 is 0. The van der Waals surface area contributed by atoms with Crippen LogP contribution in [0.25, 0.3) is 0 Å². The fourth-order valence-corrected chi connectivity index (χ4v) is 2.58. The standard InChI is InChI=1S/C16H25N3O.2ClH/c1-13(16(20)19-10-8-15(17)9-11-19)18(2)12-14-6-4-3-5-7-14;;/h3-7,13,15H,8-12,17H2,1-2H3;2*1H. The lowest BCUT2D eigenvalue weighted by molar-refractivity contribution is -0.137. The predicted octanol–water partition coefficient (Wildman–Crippen LogP) is 2.30. The molecule has 0 saturated carbocycles. The van der Waals surface area contributed by atoms with E-state index in [1.165, 1.54) is 5.56 Å². The Labute approximate surface area is 145 Å². The lowest BCUT2D eigenvalue weighted by Gasteiger charge is -2.34. The van der Waals surface area contributed by atoms with E-state index in [1.54, 1.807) is 0 Å². The van der Waals surface area contributed by atoms with Crippen LogP contribution in [-0.2, 0) is 11.3 Å². The topological polar surface area (TPSA) is 49.6 Å². The van der Waals surface area contributed by atoms with Crippen LogP contribution in [0.15, 0.2) is 30.3 Å². The Bertz CT molecular complexity index is 436. The summed E-state index contributed by atoms with van der Waals surface area (Å²) in [5.74, 6) is 0.218. The molecule has 0 spiro atoms. The first-order valence-electron chi connectivity index (χ1n) is 7.36. The van der Waals surface area contributed by atoms with Crippen molar-refractivity contribution in [2.24, 2.45) is 5.73 Å². The van der Waals surface area contributed by atoms with Crippen molar-refractivity contribution in [2.75, 3.05) is 20.1 Å². The number of carbonyl (C=O) groups excluding carboxylic acids is 1. The second-order valence-electron chi connectivity index (χ2n) is 5.74. The minimum Gasteiger partial charge on any atom is -0.341 e. The van der Waals surface area contributed by atoms with Crippen molar-refractivity contribution in [3.8, 4) is 0 Å². The predicted molar refractivity (Wildman–Crippen MR) is 95.7 cm³/mol. The number of nitrogens with zero attached hydrogens (tertiary/aromatic N) is 2. The van der Waals surface area contributed by atoms with Crippen molar-refractivity contribution in [1.29, 1.82) is 0 Å². The van der Waals surface area contributed by atoms with Crippen LogP contribution in [0.1, 0.15) is 25.3 Å². The van der Waals surface area contributed by atoms with E-state index in [0.29, 0.717) is 0 Å². The van der Waals surface area contributed by atoms with Gasteiger partial charge in [-0.15, -0.1) is 24.8 Å². The Balaban J connectivity index is 0.00000220. The van der Waals surface area contributed by atoms with Gasteiger partial charge in [-0.3, -0.25) is 9.69 Å². The van der Waals surface area contributed by atoms with Gasteiger partial charge in [-0.05, 0) is 32.4 Å². The van der Waals surface area contributed by atoms with Crippen molar-refractivity contribution in [3.63, 3.8) is 0 Å². The summed E-state index contributed by atoms with van der Waals surface area (Å²) in [5.41, 5.74) is 7.12. The molecule has 1 amide bonds. The van der Waals surface area contributed by atoms with Gasteiger partial charge in [0.25, 0.3) is 0 Å². The fourth-order valence-electron chi connectivity index (χ4n) is 2.58. The highest BCUT2D eigenvalue weighted by atomic mass is 35.5. The molecule has 1 atom stereocenters. The Morgan fingerprint density at radius 3 is 2.36 bits per heavy atom. The molecule has 1 aromatic carbocycles. The molecule has 2 N–H and O–H groups in total. The van der Waals surface area contributed by atoms with E-state index in [-0.39, 0.29) is 42.8 Å². The largest absolute Gasteiger partial charge is 0.341 e. The smallest absolute Gasteiger partial charge is 0.239 e. The van der Waals surface area contributed by atoms with Crippen molar-refractivity contribution in [1.82, 2.24) is 9.80 Å². The van der Waals surface area contributed by atoms with Crippen molar-refractivity contribution in [3.05, 3.63) is 35.9 Å². The highest BCUT2D eigenvalue weighted by Gasteiger charge is 2.26. The molecule has 22 heavy (non-hydrogen) atoms. The van der Waals surface area contributed by atoms with Crippen LogP contribution in [0.5, 0.6) is 0 Å². The third-order valence-corrected chi connectivity index (χ3v) is 4.14. The molecule has 1 aliphatic heterocycles. The van der Waals surface area contributed by atoms with E-state index in [9.17, 15) is 4.79 Å². The molecular weight excluding hydrogens is 321 g/mol. The van der Waals surface area contributed by atoms with E-state index < -0.39 is 0 Å². The number of piperidine rings is 1. The normalized spacial score (nSPS) is 16.6. The minimum atomic E-state index is -0.0930. The molecule has 1 aromatic rings. The Morgan fingerprint density at radius 2 is 1.82 bits per heavy atom. The van der Waals surface area contributed by atoms with E-state index >= 15 is 0 Å². The van der Waals surface area contributed by atoms with E-state index in [2.05, 4.69) is 17.0 Å². The van der Waals surface area contributed by atoms with Crippen molar-refractivity contribution in [2.45, 2.75) is 38.4 Å². The molecule has 2 rings (SSSR count). The van der Waals surface area contributed by atoms with Crippen LogP contribution in [0, 0.1) is 0 Å². The average Bonchev–Trinajstić information content (AvgIpc) is 2.47. The molecule has 0 bridgehead atoms. The van der Waals surface area contributed by atoms with Gasteiger partial charge in [0, 0.05) is 25.7 Å². The van der Waals surface area contributed by atoms with Crippen LogP contribution in [0.2, 0.25) is 0 Å². The van der Waals surface area contributed by atoms with Crippen molar-refractivity contribution < 1.29 is 4.79 Å². The number of halogens is 2. The number of likely N-dealkylation sites (tertiary alicyclic amines) is 1. The molecule has 1 unspecified atom stereocenters. The van der Waals surface area contributed by atoms with Gasteiger partial charge in [0.15, 0.2) is 0 Å². The monoisotopic (exact) mass is 347 g/mol. The summed E-state index contributed by atoms with van der Waals surface area (Å²) in [7, 11) is 2.01. The van der Waals surface area contributed by atoms with Gasteiger partial charge in [-0.1, -0.05) is 30.3 Å². The van der Waals surface area contributed by atoms with Gasteiger partial charge < -0.3 is 10.6 Å². The van der Waals surface area contributed by atoms with Gasteiger partial charge in [0.1, 0.15) is 0 Å². The number of benzene rings is 1. The summed E-state index contributed by atoms with van der Waals surface area (Å²) in [6.07, 6.45) is 1.84. The second-order valence-corrected chi connectivity index (χ2v) is 5.74. The maximum Gasteiger partial charge on any atom is 0.239 e. The van der Waals surface area contributed by atoms with Gasteiger partial charge in [0.05, 0.1) is 6.04 Å². The fraction of sp³-hybridized carbons (Fsp3) is 0.562. The average molecular weight is 348 g/mol. The molecule has 0 radical (unpaired) electrons. The summed E-state index contributed by atoms with van der Waals surface area (Å²) in [5, 5.41) is 0. The molecule has 0 aromatic heterocycles. The number of carbonyl (C=O) groups is 1. The molecule has 0 aliphatic carbocycles. The number of hydrogen-bond acceptors (Lipinski definition) is 3. The van der Waals surface area contributed by atoms with E-state index in [1.807, 2.05) is 37.1 Å². The maximum absolute atomic E-state index is 12.5.